The third-order valence-electron chi connectivity index (χ3n) is 4.39. The lowest BCUT2D eigenvalue weighted by atomic mass is 10.1. The summed E-state index contributed by atoms with van der Waals surface area (Å²) >= 11 is 0. The Labute approximate surface area is 124 Å². The van der Waals surface area contributed by atoms with Crippen LogP contribution in [0.3, 0.4) is 0 Å². The molecule has 21 heavy (non-hydrogen) atoms. The van der Waals surface area contributed by atoms with Crippen LogP contribution in [0.2, 0.25) is 0 Å². The van der Waals surface area contributed by atoms with Gasteiger partial charge in [-0.3, -0.25) is 4.98 Å². The van der Waals surface area contributed by atoms with E-state index in [9.17, 15) is 0 Å². The smallest absolute Gasteiger partial charge is 0.0746 e. The van der Waals surface area contributed by atoms with Gasteiger partial charge in [0.1, 0.15) is 0 Å². The average molecular weight is 274 g/mol. The number of nitrogens with one attached hydrogen (secondary N) is 1. The van der Waals surface area contributed by atoms with E-state index in [2.05, 4.69) is 58.8 Å². The van der Waals surface area contributed by atoms with Crippen molar-refractivity contribution in [2.45, 2.75) is 25.4 Å². The fourth-order valence-electron chi connectivity index (χ4n) is 3.31. The summed E-state index contributed by atoms with van der Waals surface area (Å²) in [5, 5.41) is 4.92. The number of rotatable bonds is 3. The second-order valence-corrected chi connectivity index (χ2v) is 5.66. The molecule has 0 fully saturated rings. The Morgan fingerprint density at radius 2 is 1.90 bits per heavy atom. The lowest BCUT2D eigenvalue weighted by Gasteiger charge is -2.15. The molecule has 2 heteroatoms. The average Bonchev–Trinajstić information content (AvgIpc) is 2.96. The number of aryl methyl sites for hydroxylation is 1. The van der Waals surface area contributed by atoms with Crippen molar-refractivity contribution in [3.8, 4) is 0 Å². The topological polar surface area (TPSA) is 24.9 Å². The highest BCUT2D eigenvalue weighted by atomic mass is 14.9. The fraction of sp³-hybridized carbons (Fsp3) is 0.211. The summed E-state index contributed by atoms with van der Waals surface area (Å²) in [7, 11) is 0. The van der Waals surface area contributed by atoms with Gasteiger partial charge in [0.25, 0.3) is 0 Å². The SMILES string of the molecule is c1ccc2c(c1)CCC2NCc1cccc2cccnc12. The fourth-order valence-corrected chi connectivity index (χ4v) is 3.31. The minimum absolute atomic E-state index is 0.472. The van der Waals surface area contributed by atoms with Gasteiger partial charge >= 0.3 is 0 Å². The summed E-state index contributed by atoms with van der Waals surface area (Å²) in [6.07, 6.45) is 4.25. The maximum absolute atomic E-state index is 4.53. The number of benzene rings is 2. The molecule has 1 N–H and O–H groups in total. The quantitative estimate of drug-likeness (QED) is 0.780. The number of fused-ring (bicyclic) bond motifs is 2. The van der Waals surface area contributed by atoms with Crippen LogP contribution >= 0.6 is 0 Å². The van der Waals surface area contributed by atoms with Gasteiger partial charge in [-0.25, -0.2) is 0 Å². The van der Waals surface area contributed by atoms with Crippen LogP contribution in [0.1, 0.15) is 29.2 Å². The first kappa shape index (κ1) is 12.5. The number of nitrogens with zero attached hydrogens (tertiary/aromatic N) is 1. The molecule has 0 saturated heterocycles. The molecule has 4 rings (SSSR count). The van der Waals surface area contributed by atoms with Crippen LogP contribution in [0.5, 0.6) is 0 Å². The molecule has 1 atom stereocenters. The molecule has 0 amide bonds. The molecule has 2 nitrogen and oxygen atoms in total. The molecule has 0 bridgehead atoms. The summed E-state index contributed by atoms with van der Waals surface area (Å²) in [6, 6.07) is 19.8. The zero-order valence-corrected chi connectivity index (χ0v) is 11.9. The Balaban J connectivity index is 1.57. The summed E-state index contributed by atoms with van der Waals surface area (Å²) in [5.74, 6) is 0. The van der Waals surface area contributed by atoms with Crippen LogP contribution < -0.4 is 5.32 Å². The van der Waals surface area contributed by atoms with Gasteiger partial charge in [0.2, 0.25) is 0 Å². The van der Waals surface area contributed by atoms with Crippen molar-refractivity contribution >= 4 is 10.9 Å². The lowest BCUT2D eigenvalue weighted by molar-refractivity contribution is 0.531. The normalized spacial score (nSPS) is 17.0. The van der Waals surface area contributed by atoms with Crippen molar-refractivity contribution in [1.29, 1.82) is 0 Å². The van der Waals surface area contributed by atoms with E-state index in [4.69, 9.17) is 0 Å². The van der Waals surface area contributed by atoms with Crippen LogP contribution in [-0.2, 0) is 13.0 Å². The van der Waals surface area contributed by atoms with Crippen molar-refractivity contribution in [3.05, 3.63) is 77.5 Å². The molecule has 0 aliphatic heterocycles. The third kappa shape index (κ3) is 2.32. The van der Waals surface area contributed by atoms with E-state index in [-0.39, 0.29) is 0 Å². The van der Waals surface area contributed by atoms with Crippen LogP contribution in [0.4, 0.5) is 0 Å². The molecule has 1 aromatic heterocycles. The number of hydrogen-bond donors (Lipinski definition) is 1. The Hall–Kier alpha value is -2.19. The predicted molar refractivity (Wildman–Crippen MR) is 86.1 cm³/mol. The van der Waals surface area contributed by atoms with Crippen LogP contribution in [0.25, 0.3) is 10.9 Å². The first-order valence-electron chi connectivity index (χ1n) is 7.55. The number of aromatic nitrogens is 1. The van der Waals surface area contributed by atoms with Crippen molar-refractivity contribution in [3.63, 3.8) is 0 Å². The molecule has 0 spiro atoms. The van der Waals surface area contributed by atoms with Crippen molar-refractivity contribution in [2.75, 3.05) is 0 Å². The van der Waals surface area contributed by atoms with Gasteiger partial charge in [0.15, 0.2) is 0 Å². The maximum atomic E-state index is 4.53. The zero-order valence-electron chi connectivity index (χ0n) is 11.9. The Bertz CT molecular complexity index is 774. The zero-order chi connectivity index (χ0) is 14.1. The van der Waals surface area contributed by atoms with E-state index in [1.165, 1.54) is 34.9 Å². The van der Waals surface area contributed by atoms with E-state index in [0.717, 1.165) is 12.1 Å². The van der Waals surface area contributed by atoms with Gasteiger partial charge in [-0.1, -0.05) is 48.5 Å². The molecule has 1 aliphatic carbocycles. The summed E-state index contributed by atoms with van der Waals surface area (Å²) in [6.45, 7) is 0.868. The second-order valence-electron chi connectivity index (χ2n) is 5.66. The molecule has 1 aliphatic rings. The molecule has 2 aromatic carbocycles. The van der Waals surface area contributed by atoms with E-state index in [1.807, 2.05) is 12.3 Å². The van der Waals surface area contributed by atoms with Crippen molar-refractivity contribution in [1.82, 2.24) is 10.3 Å². The first-order valence-corrected chi connectivity index (χ1v) is 7.55. The highest BCUT2D eigenvalue weighted by Gasteiger charge is 2.21. The molecule has 0 saturated carbocycles. The van der Waals surface area contributed by atoms with E-state index >= 15 is 0 Å². The number of hydrogen-bond acceptors (Lipinski definition) is 2. The van der Waals surface area contributed by atoms with Crippen LogP contribution in [-0.4, -0.2) is 4.98 Å². The predicted octanol–water partition coefficient (Wildman–Crippen LogP) is 4.01. The third-order valence-corrected chi connectivity index (χ3v) is 4.39. The van der Waals surface area contributed by atoms with Crippen molar-refractivity contribution in [2.24, 2.45) is 0 Å². The minimum Gasteiger partial charge on any atom is -0.306 e. The Morgan fingerprint density at radius 3 is 2.90 bits per heavy atom. The van der Waals surface area contributed by atoms with Gasteiger partial charge in [-0.2, -0.15) is 0 Å². The molecule has 1 heterocycles. The minimum atomic E-state index is 0.472. The molecule has 104 valence electrons. The Kier molecular flexibility index (Phi) is 3.17. The standard InChI is InChI=1S/C19H18N2/c1-2-9-17-14(5-1)10-11-18(17)21-13-16-7-3-6-15-8-4-12-20-19(15)16/h1-9,12,18,21H,10-11,13H2. The van der Waals surface area contributed by atoms with Gasteiger partial charge in [0.05, 0.1) is 5.52 Å². The second kappa shape index (κ2) is 5.30. The Morgan fingerprint density at radius 1 is 1.00 bits per heavy atom. The summed E-state index contributed by atoms with van der Waals surface area (Å²) in [5.41, 5.74) is 5.34. The lowest BCUT2D eigenvalue weighted by Crippen LogP contribution is -2.18. The number of para-hydroxylation sites is 1. The highest BCUT2D eigenvalue weighted by Crippen LogP contribution is 2.31. The van der Waals surface area contributed by atoms with Gasteiger partial charge in [-0.15, -0.1) is 0 Å². The van der Waals surface area contributed by atoms with Crippen LogP contribution in [0, 0.1) is 0 Å². The van der Waals surface area contributed by atoms with E-state index < -0.39 is 0 Å². The molecule has 3 aromatic rings. The van der Waals surface area contributed by atoms with Crippen molar-refractivity contribution < 1.29 is 0 Å². The number of pyridine rings is 1. The van der Waals surface area contributed by atoms with Crippen LogP contribution in [0.15, 0.2) is 60.8 Å². The summed E-state index contributed by atoms with van der Waals surface area (Å²) in [4.78, 5) is 4.53. The monoisotopic (exact) mass is 274 g/mol. The van der Waals surface area contributed by atoms with Gasteiger partial charge < -0.3 is 5.32 Å². The van der Waals surface area contributed by atoms with E-state index in [0.29, 0.717) is 6.04 Å². The van der Waals surface area contributed by atoms with Gasteiger partial charge in [-0.05, 0) is 35.6 Å². The molecular formula is C19H18N2. The van der Waals surface area contributed by atoms with Gasteiger partial charge in [0, 0.05) is 24.2 Å². The molecule has 0 radical (unpaired) electrons. The highest BCUT2D eigenvalue weighted by molar-refractivity contribution is 5.81. The summed E-state index contributed by atoms with van der Waals surface area (Å²) < 4.78 is 0. The largest absolute Gasteiger partial charge is 0.306 e. The van der Waals surface area contributed by atoms with E-state index in [1.54, 1.807) is 0 Å². The molecule has 1 unspecified atom stereocenters. The molecular weight excluding hydrogens is 256 g/mol. The first-order chi connectivity index (χ1) is 10.4. The maximum Gasteiger partial charge on any atom is 0.0746 e.